The van der Waals surface area contributed by atoms with Crippen molar-refractivity contribution in [2.75, 3.05) is 39.3 Å². The van der Waals surface area contributed by atoms with Crippen LogP contribution in [0.1, 0.15) is 142 Å². The molecule has 0 N–H and O–H groups in total. The third-order valence-corrected chi connectivity index (χ3v) is 8.44. The van der Waals surface area contributed by atoms with Gasteiger partial charge in [-0.15, -0.1) is 0 Å². The minimum atomic E-state index is -0.777. The molecule has 0 aromatic carbocycles. The number of esters is 4. The smallest absolute Gasteiger partial charge is 0.320 e. The van der Waals surface area contributed by atoms with Crippen LogP contribution in [0.5, 0.6) is 0 Å². The molecule has 0 saturated heterocycles. The van der Waals surface area contributed by atoms with Gasteiger partial charge >= 0.3 is 23.9 Å². The molecule has 13 nitrogen and oxygen atoms in total. The Morgan fingerprint density at radius 2 is 0.962 bits per heavy atom. The highest BCUT2D eigenvalue weighted by atomic mass is 16.6. The molecule has 0 amide bonds. The van der Waals surface area contributed by atoms with Gasteiger partial charge in [0.15, 0.2) is 0 Å². The molecule has 0 aliphatic heterocycles. The molecule has 0 aromatic rings. The Kier molecular flexibility index (Phi) is 18.4. The van der Waals surface area contributed by atoms with E-state index in [-0.39, 0.29) is 50.3 Å². The SMILES string of the molecule is CC[C@H](CN(CC(=O)OC(C)(C)C)[C@H]1CCCC[C@@H]1N(CC(=O)OC(C)(C)C)CC(=O)OC(C)(C)C)N(CCC(C)(C)OC=O)CC(=O)OC(C)(C)C. The second kappa shape index (κ2) is 20.2. The van der Waals surface area contributed by atoms with Crippen LogP contribution in [-0.4, -0.2) is 130 Å². The summed E-state index contributed by atoms with van der Waals surface area (Å²) >= 11 is 0. The Balaban J connectivity index is 3.71. The molecular formula is C40H73N3O10. The van der Waals surface area contributed by atoms with Gasteiger partial charge in [-0.2, -0.15) is 0 Å². The largest absolute Gasteiger partial charge is 0.462 e. The van der Waals surface area contributed by atoms with Crippen LogP contribution in [0.3, 0.4) is 0 Å². The molecule has 3 atom stereocenters. The van der Waals surface area contributed by atoms with Crippen molar-refractivity contribution in [3.8, 4) is 0 Å². The summed E-state index contributed by atoms with van der Waals surface area (Å²) < 4.78 is 28.3. The first-order valence-electron chi connectivity index (χ1n) is 19.2. The van der Waals surface area contributed by atoms with Crippen LogP contribution in [0.25, 0.3) is 0 Å². The standard InChI is InChI=1S/C40H73N3O10/c1-16-29(41(22-21-40(14,15)49-28-44)24-32(45)50-36(2,3)4)23-42(25-33(46)51-37(5,6)7)30-19-17-18-20-31(30)43(26-34(47)52-38(8,9)10)27-35(48)53-39(11,12)13/h28-31H,16-27H2,1-15H3/t29-,30+,31+/m1/s1. The summed E-state index contributed by atoms with van der Waals surface area (Å²) in [7, 11) is 0. The van der Waals surface area contributed by atoms with Crippen molar-refractivity contribution in [3.63, 3.8) is 0 Å². The van der Waals surface area contributed by atoms with Crippen LogP contribution < -0.4 is 0 Å². The zero-order valence-corrected chi connectivity index (χ0v) is 35.7. The zero-order chi connectivity index (χ0) is 41.0. The second-order valence-corrected chi connectivity index (χ2v) is 18.9. The van der Waals surface area contributed by atoms with Crippen LogP contribution in [0, 0.1) is 0 Å². The lowest BCUT2D eigenvalue weighted by Crippen LogP contribution is -2.59. The monoisotopic (exact) mass is 756 g/mol. The van der Waals surface area contributed by atoms with E-state index in [1.54, 1.807) is 41.5 Å². The van der Waals surface area contributed by atoms with E-state index in [9.17, 15) is 24.0 Å². The normalized spacial score (nSPS) is 18.1. The van der Waals surface area contributed by atoms with Crippen molar-refractivity contribution in [1.82, 2.24) is 14.7 Å². The molecule has 0 aromatic heterocycles. The molecule has 1 fully saturated rings. The first-order chi connectivity index (χ1) is 24.0. The lowest BCUT2D eigenvalue weighted by atomic mass is 9.87. The molecule has 13 heteroatoms. The summed E-state index contributed by atoms with van der Waals surface area (Å²) in [6, 6.07) is -0.791. The fourth-order valence-electron chi connectivity index (χ4n) is 6.48. The first kappa shape index (κ1) is 48.2. The van der Waals surface area contributed by atoms with E-state index in [0.29, 0.717) is 45.2 Å². The van der Waals surface area contributed by atoms with E-state index in [4.69, 9.17) is 23.7 Å². The topological polar surface area (TPSA) is 141 Å². The van der Waals surface area contributed by atoms with Crippen molar-refractivity contribution in [3.05, 3.63) is 0 Å². The molecule has 53 heavy (non-hydrogen) atoms. The van der Waals surface area contributed by atoms with Gasteiger partial charge < -0.3 is 23.7 Å². The van der Waals surface area contributed by atoms with Gasteiger partial charge in [0.05, 0.1) is 26.2 Å². The number of hydrogen-bond acceptors (Lipinski definition) is 13. The number of nitrogens with zero attached hydrogens (tertiary/aromatic N) is 3. The maximum atomic E-state index is 13.6. The Labute approximate surface area is 320 Å². The summed E-state index contributed by atoms with van der Waals surface area (Å²) in [6.07, 6.45) is 4.21. The lowest BCUT2D eigenvalue weighted by molar-refractivity contribution is -0.164. The number of ether oxygens (including phenoxy) is 5. The van der Waals surface area contributed by atoms with Gasteiger partial charge in [0.1, 0.15) is 28.0 Å². The fraction of sp³-hybridized carbons (Fsp3) is 0.875. The molecule has 0 unspecified atom stereocenters. The minimum Gasteiger partial charge on any atom is -0.462 e. The maximum Gasteiger partial charge on any atom is 0.320 e. The molecule has 1 saturated carbocycles. The molecule has 1 aliphatic carbocycles. The Morgan fingerprint density at radius 3 is 1.32 bits per heavy atom. The van der Waals surface area contributed by atoms with E-state index < -0.39 is 45.9 Å². The summed E-state index contributed by atoms with van der Waals surface area (Å²) in [4.78, 5) is 70.7. The van der Waals surface area contributed by atoms with Crippen LogP contribution in [-0.2, 0) is 47.7 Å². The Hall–Kier alpha value is -2.77. The van der Waals surface area contributed by atoms with E-state index >= 15 is 0 Å². The molecule has 308 valence electrons. The van der Waals surface area contributed by atoms with Gasteiger partial charge in [-0.3, -0.25) is 38.7 Å². The summed E-state index contributed by atoms with van der Waals surface area (Å²) in [5, 5.41) is 0. The zero-order valence-electron chi connectivity index (χ0n) is 35.7. The van der Waals surface area contributed by atoms with E-state index in [1.165, 1.54) is 0 Å². The van der Waals surface area contributed by atoms with E-state index in [0.717, 1.165) is 12.8 Å². The predicted molar refractivity (Wildman–Crippen MR) is 204 cm³/mol. The van der Waals surface area contributed by atoms with Gasteiger partial charge in [-0.05, 0) is 123 Å². The lowest BCUT2D eigenvalue weighted by Gasteiger charge is -2.46. The number of carbonyl (C=O) groups is 5. The van der Waals surface area contributed by atoms with Crippen LogP contribution in [0.15, 0.2) is 0 Å². The van der Waals surface area contributed by atoms with Gasteiger partial charge in [0.2, 0.25) is 0 Å². The number of rotatable bonds is 19. The number of hydrogen-bond donors (Lipinski definition) is 0. The molecule has 1 aliphatic rings. The van der Waals surface area contributed by atoms with Crippen molar-refractivity contribution >= 4 is 30.3 Å². The molecular weight excluding hydrogens is 682 g/mol. The number of carbonyl (C=O) groups excluding carboxylic acids is 5. The highest BCUT2D eigenvalue weighted by Gasteiger charge is 2.40. The fourth-order valence-corrected chi connectivity index (χ4v) is 6.48. The Bertz CT molecular complexity index is 1160. The Morgan fingerprint density at radius 1 is 0.604 bits per heavy atom. The van der Waals surface area contributed by atoms with Gasteiger partial charge in [-0.1, -0.05) is 19.8 Å². The average Bonchev–Trinajstić information content (AvgIpc) is 2.93. The van der Waals surface area contributed by atoms with Crippen molar-refractivity contribution in [2.45, 2.75) is 189 Å². The van der Waals surface area contributed by atoms with Gasteiger partial charge in [0.25, 0.3) is 6.47 Å². The van der Waals surface area contributed by atoms with Gasteiger partial charge in [0, 0.05) is 31.2 Å². The second-order valence-electron chi connectivity index (χ2n) is 18.9. The highest BCUT2D eigenvalue weighted by Crippen LogP contribution is 2.30. The van der Waals surface area contributed by atoms with Crippen molar-refractivity contribution in [1.29, 1.82) is 0 Å². The van der Waals surface area contributed by atoms with Gasteiger partial charge in [-0.25, -0.2) is 0 Å². The molecule has 0 heterocycles. The van der Waals surface area contributed by atoms with Crippen molar-refractivity contribution < 1.29 is 47.7 Å². The van der Waals surface area contributed by atoms with E-state index in [1.807, 2.05) is 72.1 Å². The van der Waals surface area contributed by atoms with Crippen LogP contribution >= 0.6 is 0 Å². The quantitative estimate of drug-likeness (QED) is 0.0907. The molecule has 0 spiro atoms. The summed E-state index contributed by atoms with van der Waals surface area (Å²) in [6.45, 7) is 28.3. The van der Waals surface area contributed by atoms with Crippen molar-refractivity contribution in [2.24, 2.45) is 0 Å². The minimum absolute atomic E-state index is 0.00919. The summed E-state index contributed by atoms with van der Waals surface area (Å²) in [5.74, 6) is -1.71. The van der Waals surface area contributed by atoms with Crippen LogP contribution in [0.4, 0.5) is 0 Å². The summed E-state index contributed by atoms with van der Waals surface area (Å²) in [5.41, 5.74) is -3.62. The third-order valence-electron chi connectivity index (χ3n) is 8.44. The maximum absolute atomic E-state index is 13.6. The third kappa shape index (κ3) is 21.0. The average molecular weight is 756 g/mol. The highest BCUT2D eigenvalue weighted by molar-refractivity contribution is 5.76. The molecule has 0 radical (unpaired) electrons. The predicted octanol–water partition coefficient (Wildman–Crippen LogP) is 5.69. The van der Waals surface area contributed by atoms with Crippen LogP contribution in [0.2, 0.25) is 0 Å². The first-order valence-corrected chi connectivity index (χ1v) is 19.2. The molecule has 0 bridgehead atoms. The van der Waals surface area contributed by atoms with E-state index in [2.05, 4.69) is 4.90 Å². The molecule has 1 rings (SSSR count).